The summed E-state index contributed by atoms with van der Waals surface area (Å²) >= 11 is 0. The number of rotatable bonds is 12. The van der Waals surface area contributed by atoms with Crippen molar-refractivity contribution in [1.29, 1.82) is 0 Å². The predicted molar refractivity (Wildman–Crippen MR) is 161 cm³/mol. The molecule has 0 atom stereocenters. The number of aliphatic imine (C=N–C) groups is 1. The van der Waals surface area contributed by atoms with Gasteiger partial charge in [0.2, 0.25) is 6.41 Å². The fraction of sp³-hybridized carbons (Fsp3) is 0.250. The van der Waals surface area contributed by atoms with E-state index in [1.807, 2.05) is 49.2 Å². The highest BCUT2D eigenvalue weighted by Gasteiger charge is 2.24. The van der Waals surface area contributed by atoms with Gasteiger partial charge < -0.3 is 20.1 Å². The molecule has 1 amide bonds. The summed E-state index contributed by atoms with van der Waals surface area (Å²) in [5.41, 5.74) is 9.58. The van der Waals surface area contributed by atoms with Crippen LogP contribution in [-0.4, -0.2) is 25.9 Å². The molecule has 0 aliphatic carbocycles. The van der Waals surface area contributed by atoms with Gasteiger partial charge in [0.15, 0.2) is 5.84 Å². The first kappa shape index (κ1) is 30.0. The van der Waals surface area contributed by atoms with Crippen molar-refractivity contribution in [2.75, 3.05) is 23.5 Å². The topological polar surface area (TPSA) is 80.4 Å². The lowest BCUT2D eigenvalue weighted by molar-refractivity contribution is -0.106. The van der Waals surface area contributed by atoms with E-state index in [1.165, 1.54) is 23.2 Å². The molecule has 40 heavy (non-hydrogen) atoms. The van der Waals surface area contributed by atoms with Gasteiger partial charge in [-0.25, -0.2) is 9.38 Å². The average Bonchev–Trinajstić information content (AvgIpc) is 2.90. The predicted octanol–water partition coefficient (Wildman–Crippen LogP) is 7.18. The molecule has 0 radical (unpaired) electrons. The highest BCUT2D eigenvalue weighted by Crippen LogP contribution is 2.30. The quantitative estimate of drug-likeness (QED) is 0.148. The number of amides is 1. The number of aryl methyl sites for hydroxylation is 1. The second-order valence-electron chi connectivity index (χ2n) is 9.74. The number of anilines is 2. The van der Waals surface area contributed by atoms with Gasteiger partial charge in [0.1, 0.15) is 28.8 Å². The van der Waals surface area contributed by atoms with Crippen molar-refractivity contribution in [3.8, 4) is 17.2 Å². The second kappa shape index (κ2) is 14.0. The Balaban J connectivity index is 1.89. The Morgan fingerprint density at radius 2 is 1.77 bits per heavy atom. The summed E-state index contributed by atoms with van der Waals surface area (Å²) in [5, 5.41) is 0. The van der Waals surface area contributed by atoms with E-state index in [4.69, 9.17) is 15.2 Å². The van der Waals surface area contributed by atoms with Crippen molar-refractivity contribution in [3.05, 3.63) is 102 Å². The highest BCUT2D eigenvalue weighted by atomic mass is 19.1. The smallest absolute Gasteiger partial charge is 0.219 e. The number of nitrogens with two attached hydrogens (primary N) is 1. The molecule has 0 heterocycles. The zero-order chi connectivity index (χ0) is 29.2. The van der Waals surface area contributed by atoms with E-state index in [2.05, 4.69) is 25.4 Å². The van der Waals surface area contributed by atoms with Crippen LogP contribution in [0.1, 0.15) is 32.8 Å². The molecule has 3 rings (SSSR count). The van der Waals surface area contributed by atoms with Gasteiger partial charge >= 0.3 is 0 Å². The van der Waals surface area contributed by atoms with Crippen LogP contribution in [-0.2, 0) is 4.79 Å². The van der Waals surface area contributed by atoms with Gasteiger partial charge in [0.05, 0.1) is 12.3 Å². The first-order valence-electron chi connectivity index (χ1n) is 13.0. The van der Waals surface area contributed by atoms with Crippen LogP contribution in [0.3, 0.4) is 0 Å². The number of carbonyl (C=O) groups excluding carboxylic acids is 1. The number of hydrogen-bond acceptors (Lipinski definition) is 6. The van der Waals surface area contributed by atoms with Gasteiger partial charge in [-0.05, 0) is 86.3 Å². The average molecular weight is 545 g/mol. The third-order valence-corrected chi connectivity index (χ3v) is 6.11. The minimum absolute atomic E-state index is 0.306. The molecule has 0 saturated heterocycles. The summed E-state index contributed by atoms with van der Waals surface area (Å²) in [6.07, 6.45) is 3.02. The molecular formula is C32H37FN4O3. The van der Waals surface area contributed by atoms with Crippen LogP contribution in [0.2, 0.25) is 0 Å². The minimum Gasteiger partial charge on any atom is -0.493 e. The Bertz CT molecular complexity index is 1380. The van der Waals surface area contributed by atoms with Crippen LogP contribution in [0.15, 0.2) is 95.9 Å². The summed E-state index contributed by atoms with van der Waals surface area (Å²) in [7, 11) is 1.83. The third kappa shape index (κ3) is 7.72. The van der Waals surface area contributed by atoms with Crippen molar-refractivity contribution < 1.29 is 18.7 Å². The maximum absolute atomic E-state index is 13.5. The van der Waals surface area contributed by atoms with Crippen molar-refractivity contribution in [1.82, 2.24) is 0 Å². The zero-order valence-corrected chi connectivity index (χ0v) is 23.7. The molecule has 8 heteroatoms. The van der Waals surface area contributed by atoms with E-state index in [-0.39, 0.29) is 5.82 Å². The van der Waals surface area contributed by atoms with Gasteiger partial charge in [0.25, 0.3) is 0 Å². The highest BCUT2D eigenvalue weighted by molar-refractivity contribution is 6.20. The number of benzene rings is 3. The van der Waals surface area contributed by atoms with Crippen LogP contribution in [0.4, 0.5) is 15.8 Å². The summed E-state index contributed by atoms with van der Waals surface area (Å²) < 4.78 is 25.2. The summed E-state index contributed by atoms with van der Waals surface area (Å²) in [6.45, 7) is 12.3. The molecule has 210 valence electrons. The molecule has 0 unspecified atom stereocenters. The van der Waals surface area contributed by atoms with Crippen molar-refractivity contribution in [3.63, 3.8) is 0 Å². The summed E-state index contributed by atoms with van der Waals surface area (Å²) in [6, 6.07) is 18.7. The van der Waals surface area contributed by atoms with Crippen LogP contribution in [0, 0.1) is 18.7 Å². The van der Waals surface area contributed by atoms with Gasteiger partial charge in [0, 0.05) is 30.7 Å². The molecule has 3 aromatic rings. The molecule has 0 bridgehead atoms. The van der Waals surface area contributed by atoms with Crippen molar-refractivity contribution in [2.45, 2.75) is 34.1 Å². The zero-order valence-electron chi connectivity index (χ0n) is 23.7. The van der Waals surface area contributed by atoms with Crippen LogP contribution in [0.25, 0.3) is 0 Å². The number of nitrogens with zero attached hydrogens (tertiary/aromatic N) is 3. The molecule has 0 fully saturated rings. The van der Waals surface area contributed by atoms with Crippen molar-refractivity contribution >= 4 is 23.6 Å². The number of ether oxygens (including phenoxy) is 2. The molecule has 3 aromatic carbocycles. The Morgan fingerprint density at radius 3 is 2.35 bits per heavy atom. The fourth-order valence-electron chi connectivity index (χ4n) is 4.03. The van der Waals surface area contributed by atoms with Crippen LogP contribution in [0.5, 0.6) is 17.2 Å². The number of hydrogen-bond donors (Lipinski definition) is 1. The molecule has 0 aliphatic heterocycles. The van der Waals surface area contributed by atoms with Gasteiger partial charge in [-0.2, -0.15) is 0 Å². The molecular weight excluding hydrogens is 507 g/mol. The van der Waals surface area contributed by atoms with E-state index in [0.29, 0.717) is 53.4 Å². The number of halogens is 1. The molecule has 0 saturated carbocycles. The number of likely N-dealkylation sites (N-methyl/N-ethyl adjacent to an activating group) is 1. The van der Waals surface area contributed by atoms with E-state index in [0.717, 1.165) is 23.4 Å². The van der Waals surface area contributed by atoms with Crippen LogP contribution < -0.4 is 25.0 Å². The Labute approximate surface area is 236 Å². The largest absolute Gasteiger partial charge is 0.493 e. The number of carbonyl (C=O) groups is 1. The van der Waals surface area contributed by atoms with E-state index in [9.17, 15) is 9.18 Å². The lowest BCUT2D eigenvalue weighted by atomic mass is 10.1. The normalized spacial score (nSPS) is 12.0. The fourth-order valence-corrected chi connectivity index (χ4v) is 4.03. The third-order valence-electron chi connectivity index (χ3n) is 6.11. The lowest BCUT2D eigenvalue weighted by Crippen LogP contribution is -2.38. The van der Waals surface area contributed by atoms with E-state index >= 15 is 0 Å². The summed E-state index contributed by atoms with van der Waals surface area (Å²) in [4.78, 5) is 20.2. The number of amidine groups is 1. The molecule has 0 spiro atoms. The van der Waals surface area contributed by atoms with Gasteiger partial charge in [-0.15, -0.1) is 0 Å². The Kier molecular flexibility index (Phi) is 10.5. The van der Waals surface area contributed by atoms with E-state index in [1.54, 1.807) is 31.2 Å². The molecule has 7 nitrogen and oxygen atoms in total. The first-order valence-corrected chi connectivity index (χ1v) is 13.0. The van der Waals surface area contributed by atoms with E-state index < -0.39 is 0 Å². The Morgan fingerprint density at radius 1 is 1.07 bits per heavy atom. The molecule has 0 aliphatic rings. The molecule has 2 N–H and O–H groups in total. The van der Waals surface area contributed by atoms with Gasteiger partial charge in [-0.3, -0.25) is 9.69 Å². The standard InChI is InChI=1S/C32H37FN4O3/c1-7-35-32(37(21-38)27-13-16-30(23(4)19-27)39-18-17-22(2)3)31(24(5)34)36(6)26-11-14-28(15-12-26)40-29-10-8-9-25(33)20-29/h7-16,19-22H,1,17-18,34H2,2-6H3/b31-24-,35-32?. The molecule has 0 aromatic heterocycles. The maximum Gasteiger partial charge on any atom is 0.219 e. The SMILES string of the molecule is C=CN=C(/C(=C(\C)N)N(C)c1ccc(Oc2cccc(F)c2)cc1)N(C=O)c1ccc(OCCC(C)C)c(C)c1. The lowest BCUT2D eigenvalue weighted by Gasteiger charge is -2.29. The second-order valence-corrected chi connectivity index (χ2v) is 9.74. The summed E-state index contributed by atoms with van der Waals surface area (Å²) in [5.74, 6) is 2.17. The monoisotopic (exact) mass is 544 g/mol. The maximum atomic E-state index is 13.5. The Hall–Kier alpha value is -4.59. The minimum atomic E-state index is -0.376. The number of allylic oxidation sites excluding steroid dienone is 1. The van der Waals surface area contributed by atoms with Gasteiger partial charge in [-0.1, -0.05) is 26.5 Å². The van der Waals surface area contributed by atoms with Crippen LogP contribution >= 0.6 is 0 Å². The first-order chi connectivity index (χ1) is 19.1. The van der Waals surface area contributed by atoms with Crippen molar-refractivity contribution in [2.24, 2.45) is 16.6 Å².